The Morgan fingerprint density at radius 1 is 0.800 bits per heavy atom. The highest BCUT2D eigenvalue weighted by Gasteiger charge is 2.28. The lowest BCUT2D eigenvalue weighted by Crippen LogP contribution is -2.44. The third kappa shape index (κ3) is 17.4. The summed E-state index contributed by atoms with van der Waals surface area (Å²) in [5.41, 5.74) is 0. The van der Waals surface area contributed by atoms with Gasteiger partial charge in [-0.3, -0.25) is 0 Å². The molecule has 0 radical (unpaired) electrons. The van der Waals surface area contributed by atoms with Crippen molar-refractivity contribution in [1.29, 1.82) is 0 Å². The fourth-order valence-corrected chi connectivity index (χ4v) is 3.34. The van der Waals surface area contributed by atoms with Gasteiger partial charge in [0.05, 0.1) is 27.3 Å². The van der Waals surface area contributed by atoms with E-state index in [1.54, 1.807) is 0 Å². The first kappa shape index (κ1) is 25.2. The van der Waals surface area contributed by atoms with Gasteiger partial charge in [-0.05, 0) is 6.42 Å². The van der Waals surface area contributed by atoms with Crippen molar-refractivity contribution in [2.24, 2.45) is 0 Å². The van der Waals surface area contributed by atoms with Crippen molar-refractivity contribution in [1.82, 2.24) is 0 Å². The highest BCUT2D eigenvalue weighted by atomic mass is 31.2. The summed E-state index contributed by atoms with van der Waals surface area (Å²) in [5.74, 6) is 0. The lowest BCUT2D eigenvalue weighted by atomic mass is 10.1. The Balaban J connectivity index is 3.50. The Bertz CT molecular complexity index is 303. The molecule has 25 heavy (non-hydrogen) atoms. The van der Waals surface area contributed by atoms with E-state index in [2.05, 4.69) is 6.92 Å². The molecule has 0 aliphatic rings. The zero-order valence-corrected chi connectivity index (χ0v) is 17.5. The zero-order valence-electron chi connectivity index (χ0n) is 16.6. The molecule has 0 saturated heterocycles. The van der Waals surface area contributed by atoms with Gasteiger partial charge in [-0.25, -0.2) is 0 Å². The van der Waals surface area contributed by atoms with E-state index < -0.39 is 8.17 Å². The molecule has 0 aromatic carbocycles. The Morgan fingerprint density at radius 3 is 1.80 bits per heavy atom. The molecule has 0 heterocycles. The van der Waals surface area contributed by atoms with Crippen molar-refractivity contribution in [3.05, 3.63) is 0 Å². The van der Waals surface area contributed by atoms with E-state index in [0.717, 1.165) is 19.3 Å². The van der Waals surface area contributed by atoms with Crippen LogP contribution in [0.15, 0.2) is 0 Å². The molecule has 6 nitrogen and oxygen atoms in total. The summed E-state index contributed by atoms with van der Waals surface area (Å²) >= 11 is 0. The number of phosphoric ester groups is 1. The maximum Gasteiger partial charge on any atom is 0.377 e. The zero-order chi connectivity index (χ0) is 19.0. The van der Waals surface area contributed by atoms with Gasteiger partial charge in [-0.2, -0.15) is 13.9 Å². The predicted octanol–water partition coefficient (Wildman–Crippen LogP) is 3.04. The van der Waals surface area contributed by atoms with Crippen LogP contribution in [0.25, 0.3) is 0 Å². The lowest BCUT2D eigenvalue weighted by molar-refractivity contribution is -0.890. The second-order valence-electron chi connectivity index (χ2n) is 7.42. The van der Waals surface area contributed by atoms with Gasteiger partial charge in [0.25, 0.3) is 0 Å². The smallest absolute Gasteiger partial charge is 0.377 e. The Morgan fingerprint density at radius 2 is 1.28 bits per heavy atom. The molecule has 0 bridgehead atoms. The van der Waals surface area contributed by atoms with Crippen LogP contribution in [0.5, 0.6) is 0 Å². The highest BCUT2D eigenvalue weighted by molar-refractivity contribution is 7.52. The number of hydrogen-bond donors (Lipinski definition) is 2. The monoisotopic (exact) mass is 382 g/mol. The molecule has 0 aromatic rings. The molecule has 1 unspecified atom stereocenters. The second kappa shape index (κ2) is 15.3. The number of aliphatic hydroxyl groups is 1. The van der Waals surface area contributed by atoms with Crippen molar-refractivity contribution in [2.45, 2.75) is 71.1 Å². The molecular weight excluding hydrogens is 341 g/mol. The van der Waals surface area contributed by atoms with Crippen LogP contribution in [0, 0.1) is 0 Å². The third-order valence-electron chi connectivity index (χ3n) is 4.41. The van der Waals surface area contributed by atoms with Crippen LogP contribution in [-0.4, -0.2) is 61.5 Å². The van der Waals surface area contributed by atoms with Gasteiger partial charge < -0.3 is 14.5 Å². The fourth-order valence-electron chi connectivity index (χ4n) is 2.59. The minimum absolute atomic E-state index is 0.0824. The Hall–Kier alpha value is 0.190. The minimum Gasteiger partial charge on any atom is -0.606 e. The van der Waals surface area contributed by atoms with Crippen LogP contribution in [-0.2, 0) is 9.05 Å². The minimum atomic E-state index is -3.95. The van der Waals surface area contributed by atoms with Crippen molar-refractivity contribution >= 4 is 8.17 Å². The molecule has 1 atom stereocenters. The highest BCUT2D eigenvalue weighted by Crippen LogP contribution is 2.47. The Kier molecular flexibility index (Phi) is 15.4. The van der Waals surface area contributed by atoms with Crippen molar-refractivity contribution < 1.29 is 28.4 Å². The van der Waals surface area contributed by atoms with Gasteiger partial charge in [0.1, 0.15) is 19.7 Å². The van der Waals surface area contributed by atoms with Crippen LogP contribution < -0.4 is 4.89 Å². The molecule has 0 aliphatic carbocycles. The van der Waals surface area contributed by atoms with Crippen LogP contribution in [0.3, 0.4) is 0 Å². The Labute approximate surface area is 155 Å². The summed E-state index contributed by atoms with van der Waals surface area (Å²) < 4.78 is 10.5. The molecule has 0 amide bonds. The number of unbranched alkanes of at least 4 members (excludes halogenated alkanes) is 9. The van der Waals surface area contributed by atoms with E-state index in [9.17, 15) is 9.79 Å². The molecular formula is C18H41NO5P+. The first-order chi connectivity index (χ1) is 11.8. The average Bonchev–Trinajstić information content (AvgIpc) is 2.52. The SMILES string of the molecule is CCCCCCCCCCCCO[P+]([O-])(O)OCC[N+](C)(C)CCO. The van der Waals surface area contributed by atoms with Crippen LogP contribution in [0.4, 0.5) is 0 Å². The maximum atomic E-state index is 11.8. The first-order valence-corrected chi connectivity index (χ1v) is 11.4. The van der Waals surface area contributed by atoms with Crippen LogP contribution in [0.2, 0.25) is 0 Å². The number of likely N-dealkylation sites (N-methyl/N-ethyl adjacent to an activating group) is 1. The van der Waals surface area contributed by atoms with Gasteiger partial charge in [-0.15, -0.1) is 0 Å². The molecule has 0 fully saturated rings. The summed E-state index contributed by atoms with van der Waals surface area (Å²) in [5, 5.41) is 8.94. The molecule has 0 aromatic heterocycles. The van der Waals surface area contributed by atoms with E-state index in [4.69, 9.17) is 14.2 Å². The molecule has 0 spiro atoms. The number of hydrogen-bond acceptors (Lipinski definition) is 5. The van der Waals surface area contributed by atoms with Crippen molar-refractivity contribution in [2.75, 3.05) is 47.0 Å². The molecule has 2 N–H and O–H groups in total. The normalized spacial score (nSPS) is 14.6. The quantitative estimate of drug-likeness (QED) is 0.216. The van der Waals surface area contributed by atoms with Crippen molar-refractivity contribution in [3.63, 3.8) is 0 Å². The number of phosphoric acid groups is 1. The van der Waals surface area contributed by atoms with Gasteiger partial charge in [0.15, 0.2) is 0 Å². The van der Waals surface area contributed by atoms with Gasteiger partial charge in [-0.1, -0.05) is 64.7 Å². The fraction of sp³-hybridized carbons (Fsp3) is 1.00. The molecule has 0 rings (SSSR count). The lowest BCUT2D eigenvalue weighted by Gasteiger charge is -2.29. The largest absolute Gasteiger partial charge is 0.606 e. The summed E-state index contributed by atoms with van der Waals surface area (Å²) in [6, 6.07) is 0. The van der Waals surface area contributed by atoms with Gasteiger partial charge in [0.2, 0.25) is 0 Å². The third-order valence-corrected chi connectivity index (χ3v) is 5.43. The van der Waals surface area contributed by atoms with Crippen molar-refractivity contribution in [3.8, 4) is 0 Å². The van der Waals surface area contributed by atoms with Crippen LogP contribution in [0.1, 0.15) is 71.1 Å². The predicted molar refractivity (Wildman–Crippen MR) is 102 cm³/mol. The van der Waals surface area contributed by atoms with Crippen LogP contribution >= 0.6 is 8.17 Å². The van der Waals surface area contributed by atoms with E-state index in [0.29, 0.717) is 17.6 Å². The van der Waals surface area contributed by atoms with Gasteiger partial charge >= 0.3 is 8.17 Å². The molecule has 0 aliphatic heterocycles. The molecule has 0 saturated carbocycles. The summed E-state index contributed by atoms with van der Waals surface area (Å²) in [6.07, 6.45) is 12.1. The van der Waals surface area contributed by atoms with Gasteiger partial charge in [0, 0.05) is 0 Å². The summed E-state index contributed by atoms with van der Waals surface area (Å²) in [7, 11) is -0.0730. The van der Waals surface area contributed by atoms with E-state index in [1.807, 2.05) is 14.1 Å². The second-order valence-corrected chi connectivity index (χ2v) is 8.88. The standard InChI is InChI=1S/C18H40NO5P/c1-4-5-6-7-8-9-10-11-12-13-17-23-25(21,22)24-18-15-19(2,3)14-16-20/h20H,4-18H2,1-3H3/p+1. The number of rotatable bonds is 18. The number of nitrogens with zero attached hydrogens (tertiary/aromatic N) is 1. The van der Waals surface area contributed by atoms with E-state index in [1.165, 1.54) is 44.9 Å². The van der Waals surface area contributed by atoms with E-state index >= 15 is 0 Å². The average molecular weight is 383 g/mol. The summed E-state index contributed by atoms with van der Waals surface area (Å²) in [6.45, 7) is 3.85. The molecule has 7 heteroatoms. The summed E-state index contributed by atoms with van der Waals surface area (Å²) in [4.78, 5) is 21.4. The maximum absolute atomic E-state index is 11.8. The number of quaternary nitrogens is 1. The first-order valence-electron chi connectivity index (χ1n) is 9.88. The molecule has 152 valence electrons. The van der Waals surface area contributed by atoms with E-state index in [-0.39, 0.29) is 19.8 Å². The number of aliphatic hydroxyl groups excluding tert-OH is 1. The topological polar surface area (TPSA) is 82.0 Å².